The van der Waals surface area contributed by atoms with Gasteiger partial charge in [-0.2, -0.15) is 0 Å². The fourth-order valence-corrected chi connectivity index (χ4v) is 5.00. The van der Waals surface area contributed by atoms with Crippen LogP contribution < -0.4 is 5.32 Å². The van der Waals surface area contributed by atoms with Gasteiger partial charge in [-0.25, -0.2) is 17.5 Å². The monoisotopic (exact) mass is 493 g/mol. The highest BCUT2D eigenvalue weighted by Crippen LogP contribution is 2.31. The maximum absolute atomic E-state index is 12.6. The first-order chi connectivity index (χ1) is 16.6. The number of esters is 1. The fraction of sp³-hybridized carbons (Fsp3) is 0.231. The number of carbonyl (C=O) groups is 2. The number of rotatable bonds is 7. The van der Waals surface area contributed by atoms with Gasteiger partial charge in [0.15, 0.2) is 6.61 Å². The summed E-state index contributed by atoms with van der Waals surface area (Å²) in [4.78, 5) is 25.1. The number of hydrogen-bond acceptors (Lipinski definition) is 5. The minimum absolute atomic E-state index is 0.0240. The second kappa shape index (κ2) is 9.52. The van der Waals surface area contributed by atoms with E-state index in [1.54, 1.807) is 6.92 Å². The molecule has 0 radical (unpaired) electrons. The number of amides is 1. The van der Waals surface area contributed by atoms with Crippen LogP contribution in [0, 0.1) is 6.92 Å². The number of nitrogens with zero attached hydrogens (tertiary/aromatic N) is 2. The number of carbonyl (C=O) groups excluding carboxylic acids is 2. The second-order valence-electron chi connectivity index (χ2n) is 8.38. The summed E-state index contributed by atoms with van der Waals surface area (Å²) >= 11 is 0. The molecule has 1 heterocycles. The molecule has 0 aliphatic carbocycles. The Balaban J connectivity index is 1.49. The number of aromatic nitrogens is 1. The van der Waals surface area contributed by atoms with Crippen molar-refractivity contribution in [2.75, 3.05) is 26.0 Å². The summed E-state index contributed by atoms with van der Waals surface area (Å²) in [6, 6.07) is 18.0. The molecule has 182 valence electrons. The van der Waals surface area contributed by atoms with Crippen LogP contribution in [0.15, 0.2) is 65.6 Å². The molecule has 0 aliphatic heterocycles. The van der Waals surface area contributed by atoms with Gasteiger partial charge < -0.3 is 14.6 Å². The van der Waals surface area contributed by atoms with Crippen molar-refractivity contribution in [1.82, 2.24) is 8.87 Å². The number of para-hydroxylation sites is 1. The van der Waals surface area contributed by atoms with Crippen LogP contribution in [-0.2, 0) is 26.1 Å². The highest BCUT2D eigenvalue weighted by Gasteiger charge is 2.21. The maximum Gasteiger partial charge on any atom is 0.338 e. The lowest BCUT2D eigenvalue weighted by atomic mass is 10.1. The van der Waals surface area contributed by atoms with E-state index in [0.29, 0.717) is 11.3 Å². The van der Waals surface area contributed by atoms with Crippen LogP contribution in [0.4, 0.5) is 5.69 Å². The van der Waals surface area contributed by atoms with Gasteiger partial charge in [0.05, 0.1) is 10.5 Å². The smallest absolute Gasteiger partial charge is 0.338 e. The summed E-state index contributed by atoms with van der Waals surface area (Å²) in [6.07, 6.45) is 0. The zero-order valence-electron chi connectivity index (χ0n) is 20.0. The van der Waals surface area contributed by atoms with Crippen molar-refractivity contribution in [2.24, 2.45) is 0 Å². The molecule has 1 N–H and O–H groups in total. The quantitative estimate of drug-likeness (QED) is 0.390. The second-order valence-corrected chi connectivity index (χ2v) is 10.5. The number of sulfonamides is 1. The number of anilines is 1. The number of hydrogen-bond donors (Lipinski definition) is 1. The zero-order chi connectivity index (χ0) is 25.3. The summed E-state index contributed by atoms with van der Waals surface area (Å²) in [7, 11) is -0.888. The van der Waals surface area contributed by atoms with Gasteiger partial charge in [0.1, 0.15) is 0 Å². The number of benzene rings is 3. The first kappa shape index (κ1) is 24.4. The Labute approximate surface area is 204 Å². The van der Waals surface area contributed by atoms with Gasteiger partial charge in [-0.1, -0.05) is 24.3 Å². The summed E-state index contributed by atoms with van der Waals surface area (Å²) in [6.45, 7) is 4.08. The molecular weight excluding hydrogens is 466 g/mol. The van der Waals surface area contributed by atoms with E-state index >= 15 is 0 Å². The summed E-state index contributed by atoms with van der Waals surface area (Å²) < 4.78 is 33.2. The molecule has 0 saturated heterocycles. The maximum atomic E-state index is 12.6. The van der Waals surface area contributed by atoms with E-state index in [1.165, 1.54) is 32.3 Å². The van der Waals surface area contributed by atoms with Crippen molar-refractivity contribution in [3.05, 3.63) is 71.8 Å². The molecule has 35 heavy (non-hydrogen) atoms. The Kier molecular flexibility index (Phi) is 6.64. The van der Waals surface area contributed by atoms with Gasteiger partial charge in [-0.05, 0) is 55.8 Å². The minimum Gasteiger partial charge on any atom is -0.452 e. The molecule has 1 amide bonds. The zero-order valence-corrected chi connectivity index (χ0v) is 20.8. The number of ether oxygens (including phenoxy) is 1. The van der Waals surface area contributed by atoms with Crippen LogP contribution in [0.2, 0.25) is 0 Å². The third-order valence-corrected chi connectivity index (χ3v) is 7.73. The lowest BCUT2D eigenvalue weighted by molar-refractivity contribution is -0.119. The average molecular weight is 494 g/mol. The van der Waals surface area contributed by atoms with Crippen molar-refractivity contribution in [1.29, 1.82) is 0 Å². The minimum atomic E-state index is -3.71. The number of nitrogens with one attached hydrogen (secondary N) is 1. The molecule has 0 unspecified atom stereocenters. The van der Waals surface area contributed by atoms with Crippen LogP contribution in [0.1, 0.15) is 22.8 Å². The van der Waals surface area contributed by atoms with Gasteiger partial charge in [-0.3, -0.25) is 4.79 Å². The normalized spacial score (nSPS) is 11.8. The third kappa shape index (κ3) is 4.65. The van der Waals surface area contributed by atoms with Crippen molar-refractivity contribution in [3.8, 4) is 0 Å². The molecule has 8 nitrogen and oxygen atoms in total. The predicted molar refractivity (Wildman–Crippen MR) is 136 cm³/mol. The van der Waals surface area contributed by atoms with Crippen LogP contribution >= 0.6 is 0 Å². The topological polar surface area (TPSA) is 97.7 Å². The summed E-state index contributed by atoms with van der Waals surface area (Å²) in [5.41, 5.74) is 3.42. The highest BCUT2D eigenvalue weighted by atomic mass is 32.2. The molecule has 3 aromatic carbocycles. The Bertz CT molecular complexity index is 1550. The molecular formula is C26H27N3O5S. The fourth-order valence-electron chi connectivity index (χ4n) is 4.07. The van der Waals surface area contributed by atoms with Gasteiger partial charge in [0, 0.05) is 48.1 Å². The van der Waals surface area contributed by atoms with Gasteiger partial charge >= 0.3 is 5.97 Å². The highest BCUT2D eigenvalue weighted by molar-refractivity contribution is 7.89. The lowest BCUT2D eigenvalue weighted by Gasteiger charge is -2.13. The van der Waals surface area contributed by atoms with Crippen molar-refractivity contribution in [3.63, 3.8) is 0 Å². The van der Waals surface area contributed by atoms with E-state index in [4.69, 9.17) is 4.74 Å². The SMILES string of the molecule is CCn1c2ccccc2c2cc(NC(=O)COC(=O)c3cc(S(=O)(=O)N(C)C)ccc3C)ccc21. The summed E-state index contributed by atoms with van der Waals surface area (Å²) in [5.74, 6) is -1.26. The third-order valence-electron chi connectivity index (χ3n) is 5.91. The standard InChI is InChI=1S/C26H27N3O5S/c1-5-29-23-9-7-6-8-20(23)22-14-18(11-13-24(22)29)27-25(30)16-34-26(31)21-15-19(12-10-17(21)2)35(32,33)28(3)4/h6-15H,5,16H2,1-4H3,(H,27,30). The molecule has 0 saturated carbocycles. The molecule has 4 rings (SSSR count). The Hall–Kier alpha value is -3.69. The molecule has 1 aromatic heterocycles. The van der Waals surface area contributed by atoms with E-state index in [-0.39, 0.29) is 10.5 Å². The van der Waals surface area contributed by atoms with Crippen LogP contribution in [0.5, 0.6) is 0 Å². The van der Waals surface area contributed by atoms with Gasteiger partial charge in [0.2, 0.25) is 10.0 Å². The molecule has 9 heteroatoms. The molecule has 0 aliphatic rings. The molecule has 0 atom stereocenters. The number of fused-ring (bicyclic) bond motifs is 3. The lowest BCUT2D eigenvalue weighted by Crippen LogP contribution is -2.23. The largest absolute Gasteiger partial charge is 0.452 e. The van der Waals surface area contributed by atoms with E-state index in [0.717, 1.165) is 32.7 Å². The first-order valence-corrected chi connectivity index (χ1v) is 12.6. The van der Waals surface area contributed by atoms with Crippen molar-refractivity contribution in [2.45, 2.75) is 25.3 Å². The van der Waals surface area contributed by atoms with Crippen LogP contribution in [0.3, 0.4) is 0 Å². The molecule has 0 spiro atoms. The van der Waals surface area contributed by atoms with Crippen molar-refractivity contribution < 1.29 is 22.7 Å². The van der Waals surface area contributed by atoms with E-state index in [2.05, 4.69) is 22.9 Å². The van der Waals surface area contributed by atoms with Crippen molar-refractivity contribution >= 4 is 49.4 Å². The average Bonchev–Trinajstić information content (AvgIpc) is 3.15. The first-order valence-electron chi connectivity index (χ1n) is 11.1. The van der Waals surface area contributed by atoms with Crippen LogP contribution in [-0.4, -0.2) is 49.9 Å². The molecule has 0 fully saturated rings. The molecule has 0 bridgehead atoms. The van der Waals surface area contributed by atoms with Gasteiger partial charge in [-0.15, -0.1) is 0 Å². The molecule has 4 aromatic rings. The number of aryl methyl sites for hydroxylation is 2. The van der Waals surface area contributed by atoms with Gasteiger partial charge in [0.25, 0.3) is 5.91 Å². The summed E-state index contributed by atoms with van der Waals surface area (Å²) in [5, 5.41) is 4.88. The van der Waals surface area contributed by atoms with E-state index < -0.39 is 28.5 Å². The predicted octanol–water partition coefficient (Wildman–Crippen LogP) is 4.17. The van der Waals surface area contributed by atoms with E-state index in [9.17, 15) is 18.0 Å². The van der Waals surface area contributed by atoms with E-state index in [1.807, 2.05) is 36.4 Å². The Morgan fingerprint density at radius 1 is 0.971 bits per heavy atom. The Morgan fingerprint density at radius 2 is 1.69 bits per heavy atom. The Morgan fingerprint density at radius 3 is 2.40 bits per heavy atom. The van der Waals surface area contributed by atoms with Crippen LogP contribution in [0.25, 0.3) is 21.8 Å².